The van der Waals surface area contributed by atoms with Gasteiger partial charge in [-0.1, -0.05) is 13.0 Å². The Labute approximate surface area is 197 Å². The molecule has 1 aromatic carbocycles. The molecule has 0 heterocycles. The molecule has 6 atom stereocenters. The minimum Gasteiger partial charge on any atom is -0.370 e. The van der Waals surface area contributed by atoms with Crippen molar-refractivity contribution in [3.8, 4) is 0 Å². The monoisotopic (exact) mass is 512 g/mol. The number of Topliss-reactive ketones (excluding diaryl/α,β-unsaturated/α-hetero) is 1. The number of carbonyl (C=O) groups excluding carboxylic acids is 1. The van der Waals surface area contributed by atoms with Crippen LogP contribution in [0.2, 0.25) is 0 Å². The molecule has 1 aromatic rings. The molecular formula is C24H24ClF7O2. The van der Waals surface area contributed by atoms with Crippen molar-refractivity contribution in [1.29, 1.82) is 0 Å². The molecule has 2 unspecified atom stereocenters. The van der Waals surface area contributed by atoms with Gasteiger partial charge in [0.05, 0.1) is 29.2 Å². The van der Waals surface area contributed by atoms with Crippen molar-refractivity contribution in [2.24, 2.45) is 23.7 Å². The molecule has 1 saturated carbocycles. The number of hydrogen-bond donors (Lipinski definition) is 0. The van der Waals surface area contributed by atoms with Gasteiger partial charge in [0.15, 0.2) is 5.78 Å². The topological polar surface area (TPSA) is 26.3 Å². The van der Waals surface area contributed by atoms with Gasteiger partial charge in [-0.15, -0.1) is 11.6 Å². The molecule has 34 heavy (non-hydrogen) atoms. The molecule has 0 spiro atoms. The third-order valence-electron chi connectivity index (χ3n) is 6.61. The molecule has 0 aliphatic heterocycles. The number of rotatable bonds is 6. The summed E-state index contributed by atoms with van der Waals surface area (Å²) in [5.41, 5.74) is -3.11. The fourth-order valence-electron chi connectivity index (χ4n) is 4.97. The van der Waals surface area contributed by atoms with Gasteiger partial charge in [0.1, 0.15) is 5.83 Å². The third-order valence-corrected chi connectivity index (χ3v) is 6.87. The Morgan fingerprint density at radius 2 is 1.68 bits per heavy atom. The van der Waals surface area contributed by atoms with Crippen molar-refractivity contribution in [3.05, 3.63) is 58.9 Å². The van der Waals surface area contributed by atoms with Gasteiger partial charge in [-0.3, -0.25) is 4.79 Å². The van der Waals surface area contributed by atoms with E-state index in [-0.39, 0.29) is 35.1 Å². The van der Waals surface area contributed by atoms with E-state index in [1.54, 1.807) is 13.0 Å². The SMILES string of the molecule is CC1C=C(F)C=CC1[C@@H]1[C@@H](O[C@H](C)c2cc(C(F)(F)F)cc(C(F)(F)F)c2)CC[C@H]1C(=O)CCl. The van der Waals surface area contributed by atoms with Gasteiger partial charge in [-0.2, -0.15) is 26.3 Å². The summed E-state index contributed by atoms with van der Waals surface area (Å²) in [4.78, 5) is 12.5. The molecule has 3 rings (SSSR count). The lowest BCUT2D eigenvalue weighted by Crippen LogP contribution is -2.36. The molecule has 1 fully saturated rings. The quantitative estimate of drug-likeness (QED) is 0.288. The lowest BCUT2D eigenvalue weighted by molar-refractivity contribution is -0.143. The predicted molar refractivity (Wildman–Crippen MR) is 113 cm³/mol. The van der Waals surface area contributed by atoms with Crippen molar-refractivity contribution in [1.82, 2.24) is 0 Å². The number of alkyl halides is 7. The number of hydrogen-bond acceptors (Lipinski definition) is 2. The fraction of sp³-hybridized carbons (Fsp3) is 0.542. The Kier molecular flexibility index (Phi) is 7.87. The largest absolute Gasteiger partial charge is 0.416 e. The van der Waals surface area contributed by atoms with Gasteiger partial charge in [0, 0.05) is 11.8 Å². The molecule has 2 aliphatic carbocycles. The maximum Gasteiger partial charge on any atom is 0.416 e. The Morgan fingerprint density at radius 1 is 1.09 bits per heavy atom. The Bertz CT molecular complexity index is 935. The highest BCUT2D eigenvalue weighted by molar-refractivity contribution is 6.27. The molecule has 10 heteroatoms. The summed E-state index contributed by atoms with van der Waals surface area (Å²) in [7, 11) is 0. The van der Waals surface area contributed by atoms with Crippen LogP contribution in [0, 0.1) is 23.7 Å². The highest BCUT2D eigenvalue weighted by Gasteiger charge is 2.46. The van der Waals surface area contributed by atoms with E-state index < -0.39 is 53.4 Å². The van der Waals surface area contributed by atoms with Crippen LogP contribution in [0.5, 0.6) is 0 Å². The first-order chi connectivity index (χ1) is 15.7. The van der Waals surface area contributed by atoms with Crippen molar-refractivity contribution in [2.45, 2.75) is 51.2 Å². The van der Waals surface area contributed by atoms with E-state index in [0.29, 0.717) is 25.0 Å². The average Bonchev–Trinajstić information content (AvgIpc) is 3.14. The fourth-order valence-corrected chi connectivity index (χ4v) is 5.16. The molecule has 0 amide bonds. The van der Waals surface area contributed by atoms with Crippen LogP contribution in [0.4, 0.5) is 30.7 Å². The van der Waals surface area contributed by atoms with E-state index in [4.69, 9.17) is 16.3 Å². The Balaban J connectivity index is 1.93. The molecule has 0 aromatic heterocycles. The molecule has 0 saturated heterocycles. The first-order valence-electron chi connectivity index (χ1n) is 10.8. The summed E-state index contributed by atoms with van der Waals surface area (Å²) in [6.45, 7) is 3.15. The number of halogens is 8. The van der Waals surface area contributed by atoms with Gasteiger partial charge < -0.3 is 4.74 Å². The smallest absolute Gasteiger partial charge is 0.370 e. The maximum absolute atomic E-state index is 13.7. The summed E-state index contributed by atoms with van der Waals surface area (Å²) in [6, 6.07) is 1.36. The maximum atomic E-state index is 13.7. The highest BCUT2D eigenvalue weighted by atomic mass is 35.5. The van der Waals surface area contributed by atoms with Crippen LogP contribution in [0.15, 0.2) is 42.3 Å². The average molecular weight is 513 g/mol. The standard InChI is InChI=1S/C24H24ClF7O2/c1-12-7-17(26)3-4-18(12)22-19(20(33)11-25)5-6-21(22)34-13(2)14-8-15(23(27,28)29)10-16(9-14)24(30,31)32/h3-4,7-10,12-13,18-19,21-22H,5-6,11H2,1-2H3/t12?,13-,18?,19+,21+,22+/m1/s1. The van der Waals surface area contributed by atoms with Crippen molar-refractivity contribution in [3.63, 3.8) is 0 Å². The lowest BCUT2D eigenvalue weighted by atomic mass is 9.73. The molecule has 0 bridgehead atoms. The minimum absolute atomic E-state index is 0.0686. The second-order valence-corrected chi connectivity index (χ2v) is 9.13. The van der Waals surface area contributed by atoms with Crippen molar-refractivity contribution in [2.75, 3.05) is 5.88 Å². The van der Waals surface area contributed by atoms with E-state index in [9.17, 15) is 35.5 Å². The second kappa shape index (κ2) is 10.0. The first kappa shape index (κ1) is 26.7. The molecule has 2 aliphatic rings. The van der Waals surface area contributed by atoms with E-state index in [1.165, 1.54) is 19.1 Å². The van der Waals surface area contributed by atoms with Crippen LogP contribution < -0.4 is 0 Å². The van der Waals surface area contributed by atoms with Gasteiger partial charge in [0.25, 0.3) is 0 Å². The van der Waals surface area contributed by atoms with Crippen molar-refractivity contribution < 1.29 is 40.3 Å². The van der Waals surface area contributed by atoms with Gasteiger partial charge in [-0.05, 0) is 67.5 Å². The van der Waals surface area contributed by atoms with Crippen LogP contribution in [0.25, 0.3) is 0 Å². The molecule has 0 radical (unpaired) electrons. The zero-order chi connectivity index (χ0) is 25.4. The number of carbonyl (C=O) groups is 1. The third kappa shape index (κ3) is 5.85. The normalized spacial score (nSPS) is 28.6. The molecule has 188 valence electrons. The van der Waals surface area contributed by atoms with Crippen LogP contribution in [-0.2, 0) is 21.9 Å². The van der Waals surface area contributed by atoms with Gasteiger partial charge in [0.2, 0.25) is 0 Å². The summed E-state index contributed by atoms with van der Waals surface area (Å²) in [5, 5.41) is 0. The van der Waals surface area contributed by atoms with Crippen LogP contribution in [0.1, 0.15) is 49.5 Å². The molecule has 2 nitrogen and oxygen atoms in total. The minimum atomic E-state index is -4.97. The molecule has 0 N–H and O–H groups in total. The van der Waals surface area contributed by atoms with E-state index in [0.717, 1.165) is 0 Å². The zero-order valence-corrected chi connectivity index (χ0v) is 19.1. The molecular weight excluding hydrogens is 489 g/mol. The number of ether oxygens (including phenoxy) is 1. The zero-order valence-electron chi connectivity index (χ0n) is 18.4. The van der Waals surface area contributed by atoms with E-state index >= 15 is 0 Å². The predicted octanol–water partition coefficient (Wildman–Crippen LogP) is 7.68. The summed E-state index contributed by atoms with van der Waals surface area (Å²) >= 11 is 5.77. The number of benzene rings is 1. The van der Waals surface area contributed by atoms with E-state index in [1.807, 2.05) is 0 Å². The first-order valence-corrected chi connectivity index (χ1v) is 11.3. The van der Waals surface area contributed by atoms with Crippen molar-refractivity contribution >= 4 is 17.4 Å². The second-order valence-electron chi connectivity index (χ2n) is 8.86. The summed E-state index contributed by atoms with van der Waals surface area (Å²) in [6.07, 6.45) is -6.58. The summed E-state index contributed by atoms with van der Waals surface area (Å²) in [5.74, 6) is -2.42. The highest BCUT2D eigenvalue weighted by Crippen LogP contribution is 2.46. The van der Waals surface area contributed by atoms with Gasteiger partial charge >= 0.3 is 12.4 Å². The number of allylic oxidation sites excluding steroid dienone is 4. The summed E-state index contributed by atoms with van der Waals surface area (Å²) < 4.78 is 99.3. The van der Waals surface area contributed by atoms with Crippen LogP contribution in [-0.4, -0.2) is 17.8 Å². The van der Waals surface area contributed by atoms with Crippen LogP contribution >= 0.6 is 11.6 Å². The van der Waals surface area contributed by atoms with Gasteiger partial charge in [-0.25, -0.2) is 4.39 Å². The van der Waals surface area contributed by atoms with Crippen LogP contribution in [0.3, 0.4) is 0 Å². The Hall–Kier alpha value is -1.87. The Morgan fingerprint density at radius 3 is 2.18 bits per heavy atom. The van der Waals surface area contributed by atoms with E-state index in [2.05, 4.69) is 0 Å². The number of ketones is 1. The lowest BCUT2D eigenvalue weighted by Gasteiger charge is -2.35.